The fourth-order valence-electron chi connectivity index (χ4n) is 1.97. The number of phenolic OH excluding ortho intramolecular Hbond substituents is 1. The van der Waals surface area contributed by atoms with Crippen LogP contribution in [0.3, 0.4) is 0 Å². The van der Waals surface area contributed by atoms with E-state index < -0.39 is 5.97 Å². The molecule has 0 saturated carbocycles. The molecule has 4 nitrogen and oxygen atoms in total. The van der Waals surface area contributed by atoms with Gasteiger partial charge in [-0.1, -0.05) is 12.1 Å². The van der Waals surface area contributed by atoms with Crippen molar-refractivity contribution in [3.8, 4) is 5.75 Å². The number of hydrogen-bond acceptors (Lipinski definition) is 3. The first-order valence-electron chi connectivity index (χ1n) is 6.06. The van der Waals surface area contributed by atoms with Crippen molar-refractivity contribution in [1.82, 2.24) is 4.90 Å². The molecular formula is C14H21NO3. The van der Waals surface area contributed by atoms with Gasteiger partial charge in [-0.3, -0.25) is 9.69 Å². The quantitative estimate of drug-likeness (QED) is 0.843. The highest BCUT2D eigenvalue weighted by Gasteiger charge is 2.14. The third kappa shape index (κ3) is 3.74. The van der Waals surface area contributed by atoms with Crippen molar-refractivity contribution in [3.63, 3.8) is 0 Å². The molecule has 1 rings (SSSR count). The van der Waals surface area contributed by atoms with Gasteiger partial charge in [0.05, 0.1) is 6.54 Å². The van der Waals surface area contributed by atoms with Gasteiger partial charge in [-0.2, -0.15) is 0 Å². The molecule has 0 heterocycles. The largest absolute Gasteiger partial charge is 0.507 e. The number of benzene rings is 1. The molecule has 4 heteroatoms. The van der Waals surface area contributed by atoms with E-state index in [4.69, 9.17) is 5.11 Å². The van der Waals surface area contributed by atoms with Crippen LogP contribution in [0.25, 0.3) is 0 Å². The highest BCUT2D eigenvalue weighted by atomic mass is 16.4. The normalized spacial score (nSPS) is 11.2. The van der Waals surface area contributed by atoms with E-state index in [-0.39, 0.29) is 12.6 Å². The molecule has 0 radical (unpaired) electrons. The van der Waals surface area contributed by atoms with Crippen LogP contribution in [0.15, 0.2) is 12.1 Å². The lowest BCUT2D eigenvalue weighted by molar-refractivity contribution is -0.138. The minimum Gasteiger partial charge on any atom is -0.507 e. The Bertz CT molecular complexity index is 418. The van der Waals surface area contributed by atoms with E-state index in [1.807, 2.05) is 44.7 Å². The van der Waals surface area contributed by atoms with E-state index >= 15 is 0 Å². The highest BCUT2D eigenvalue weighted by molar-refractivity contribution is 5.69. The van der Waals surface area contributed by atoms with Gasteiger partial charge in [0.2, 0.25) is 0 Å². The maximum Gasteiger partial charge on any atom is 0.317 e. The SMILES string of the molecule is Cc1cc(CN(CC(=O)O)C(C)C)cc(C)c1O. The summed E-state index contributed by atoms with van der Waals surface area (Å²) < 4.78 is 0. The van der Waals surface area contributed by atoms with Gasteiger partial charge in [-0.15, -0.1) is 0 Å². The van der Waals surface area contributed by atoms with Crippen molar-refractivity contribution in [2.24, 2.45) is 0 Å². The summed E-state index contributed by atoms with van der Waals surface area (Å²) in [6.07, 6.45) is 0. The Labute approximate surface area is 108 Å². The Kier molecular flexibility index (Phi) is 4.73. The molecule has 0 aliphatic rings. The van der Waals surface area contributed by atoms with Gasteiger partial charge in [-0.05, 0) is 44.4 Å². The first kappa shape index (κ1) is 14.5. The number of aromatic hydroxyl groups is 1. The fourth-order valence-corrected chi connectivity index (χ4v) is 1.97. The summed E-state index contributed by atoms with van der Waals surface area (Å²) in [6.45, 7) is 8.25. The van der Waals surface area contributed by atoms with Crippen molar-refractivity contribution in [2.45, 2.75) is 40.3 Å². The molecule has 18 heavy (non-hydrogen) atoms. The molecule has 0 aliphatic carbocycles. The molecule has 0 spiro atoms. The zero-order valence-electron chi connectivity index (χ0n) is 11.4. The Morgan fingerprint density at radius 3 is 2.17 bits per heavy atom. The third-order valence-corrected chi connectivity index (χ3v) is 3.01. The summed E-state index contributed by atoms with van der Waals surface area (Å²) in [7, 11) is 0. The number of carboxylic acids is 1. The predicted molar refractivity (Wildman–Crippen MR) is 70.8 cm³/mol. The lowest BCUT2D eigenvalue weighted by atomic mass is 10.0. The molecule has 0 amide bonds. The minimum absolute atomic E-state index is 0.0244. The van der Waals surface area contributed by atoms with Gasteiger partial charge in [-0.25, -0.2) is 0 Å². The Balaban J connectivity index is 2.90. The maximum absolute atomic E-state index is 10.8. The van der Waals surface area contributed by atoms with Crippen LogP contribution in [-0.4, -0.2) is 33.7 Å². The van der Waals surface area contributed by atoms with E-state index in [0.717, 1.165) is 16.7 Å². The molecule has 0 unspecified atom stereocenters. The van der Waals surface area contributed by atoms with Crippen LogP contribution >= 0.6 is 0 Å². The van der Waals surface area contributed by atoms with E-state index in [1.54, 1.807) is 0 Å². The number of aliphatic carboxylic acids is 1. The topological polar surface area (TPSA) is 60.8 Å². The van der Waals surface area contributed by atoms with Gasteiger partial charge < -0.3 is 10.2 Å². The van der Waals surface area contributed by atoms with Crippen LogP contribution < -0.4 is 0 Å². The van der Waals surface area contributed by atoms with E-state index in [9.17, 15) is 9.90 Å². The van der Waals surface area contributed by atoms with Crippen LogP contribution in [0.2, 0.25) is 0 Å². The number of carboxylic acid groups (broad SMARTS) is 1. The lowest BCUT2D eigenvalue weighted by Gasteiger charge is -2.25. The van der Waals surface area contributed by atoms with Crippen LogP contribution in [-0.2, 0) is 11.3 Å². The van der Waals surface area contributed by atoms with Crippen LogP contribution in [0, 0.1) is 13.8 Å². The van der Waals surface area contributed by atoms with Crippen LogP contribution in [0.5, 0.6) is 5.75 Å². The Hall–Kier alpha value is -1.55. The van der Waals surface area contributed by atoms with E-state index in [2.05, 4.69) is 0 Å². The number of aryl methyl sites for hydroxylation is 2. The molecule has 100 valence electrons. The predicted octanol–water partition coefficient (Wildman–Crippen LogP) is 2.30. The van der Waals surface area contributed by atoms with Crippen molar-refractivity contribution in [3.05, 3.63) is 28.8 Å². The summed E-state index contributed by atoms with van der Waals surface area (Å²) in [6, 6.07) is 3.97. The average Bonchev–Trinajstić information content (AvgIpc) is 2.24. The first-order chi connectivity index (χ1) is 8.31. The lowest BCUT2D eigenvalue weighted by Crippen LogP contribution is -2.35. The fraction of sp³-hybridized carbons (Fsp3) is 0.500. The number of phenols is 1. The van der Waals surface area contributed by atoms with Crippen LogP contribution in [0.4, 0.5) is 0 Å². The first-order valence-corrected chi connectivity index (χ1v) is 6.06. The highest BCUT2D eigenvalue weighted by Crippen LogP contribution is 2.23. The molecule has 0 fully saturated rings. The summed E-state index contributed by atoms with van der Waals surface area (Å²) >= 11 is 0. The number of rotatable bonds is 5. The average molecular weight is 251 g/mol. The molecule has 2 N–H and O–H groups in total. The monoisotopic (exact) mass is 251 g/mol. The third-order valence-electron chi connectivity index (χ3n) is 3.01. The summed E-state index contributed by atoms with van der Waals surface area (Å²) in [4.78, 5) is 12.7. The Morgan fingerprint density at radius 1 is 1.28 bits per heavy atom. The van der Waals surface area contributed by atoms with E-state index in [1.165, 1.54) is 0 Å². The van der Waals surface area contributed by atoms with Gasteiger partial charge in [0.1, 0.15) is 5.75 Å². The minimum atomic E-state index is -0.823. The second-order valence-electron chi connectivity index (χ2n) is 4.97. The molecule has 1 aromatic carbocycles. The zero-order valence-corrected chi connectivity index (χ0v) is 11.4. The van der Waals surface area contributed by atoms with Crippen molar-refractivity contribution < 1.29 is 15.0 Å². The molecular weight excluding hydrogens is 230 g/mol. The van der Waals surface area contributed by atoms with E-state index in [0.29, 0.717) is 12.3 Å². The molecule has 1 aromatic rings. The smallest absolute Gasteiger partial charge is 0.317 e. The number of hydrogen-bond donors (Lipinski definition) is 2. The molecule has 0 aromatic heterocycles. The molecule has 0 saturated heterocycles. The summed E-state index contributed by atoms with van der Waals surface area (Å²) in [5.41, 5.74) is 2.67. The number of nitrogens with zero attached hydrogens (tertiary/aromatic N) is 1. The van der Waals surface area contributed by atoms with Gasteiger partial charge in [0, 0.05) is 12.6 Å². The van der Waals surface area contributed by atoms with Crippen molar-refractivity contribution in [2.75, 3.05) is 6.54 Å². The number of carbonyl (C=O) groups is 1. The maximum atomic E-state index is 10.8. The van der Waals surface area contributed by atoms with Gasteiger partial charge in [0.15, 0.2) is 0 Å². The molecule has 0 aliphatic heterocycles. The van der Waals surface area contributed by atoms with Gasteiger partial charge >= 0.3 is 5.97 Å². The second-order valence-corrected chi connectivity index (χ2v) is 4.97. The summed E-state index contributed by atoms with van der Waals surface area (Å²) in [5, 5.41) is 18.6. The molecule has 0 atom stereocenters. The van der Waals surface area contributed by atoms with Crippen LogP contribution in [0.1, 0.15) is 30.5 Å². The zero-order chi connectivity index (χ0) is 13.9. The van der Waals surface area contributed by atoms with Crippen molar-refractivity contribution >= 4 is 5.97 Å². The molecule has 0 bridgehead atoms. The van der Waals surface area contributed by atoms with Gasteiger partial charge in [0.25, 0.3) is 0 Å². The standard InChI is InChI=1S/C14H21NO3/c1-9(2)15(8-13(16)17)7-12-5-10(3)14(18)11(4)6-12/h5-6,9,18H,7-8H2,1-4H3,(H,16,17). The summed E-state index contributed by atoms with van der Waals surface area (Å²) in [5.74, 6) is -0.510. The van der Waals surface area contributed by atoms with Crippen molar-refractivity contribution in [1.29, 1.82) is 0 Å². The Morgan fingerprint density at radius 2 is 1.78 bits per heavy atom. The second kappa shape index (κ2) is 5.87.